The van der Waals surface area contributed by atoms with E-state index in [0.717, 1.165) is 18.4 Å². The molecule has 0 N–H and O–H groups in total. The maximum atomic E-state index is 12.8. The van der Waals surface area contributed by atoms with Crippen LogP contribution in [-0.2, 0) is 14.8 Å². The molecule has 0 radical (unpaired) electrons. The second kappa shape index (κ2) is 6.01. The molecule has 1 saturated carbocycles. The predicted molar refractivity (Wildman–Crippen MR) is 83.9 cm³/mol. The minimum atomic E-state index is -3.47. The quantitative estimate of drug-likeness (QED) is 0.850. The van der Waals surface area contributed by atoms with E-state index in [9.17, 15) is 13.2 Å². The van der Waals surface area contributed by atoms with Crippen molar-refractivity contribution in [2.45, 2.75) is 31.1 Å². The third-order valence-corrected chi connectivity index (χ3v) is 6.46. The lowest BCUT2D eigenvalue weighted by Crippen LogP contribution is -2.38. The fourth-order valence-corrected chi connectivity index (χ4v) is 4.62. The largest absolute Gasteiger partial charge is 0.341 e. The fourth-order valence-electron chi connectivity index (χ4n) is 2.93. The van der Waals surface area contributed by atoms with E-state index >= 15 is 0 Å². The number of benzene rings is 1. The van der Waals surface area contributed by atoms with Crippen LogP contribution in [0.25, 0.3) is 0 Å². The first-order valence-electron chi connectivity index (χ1n) is 7.85. The molecule has 120 valence electrons. The number of sulfonamides is 1. The molecule has 2 fully saturated rings. The molecule has 22 heavy (non-hydrogen) atoms. The minimum absolute atomic E-state index is 0.194. The van der Waals surface area contributed by atoms with Crippen LogP contribution in [0.15, 0.2) is 29.2 Å². The summed E-state index contributed by atoms with van der Waals surface area (Å²) in [7, 11) is -3.47. The van der Waals surface area contributed by atoms with Gasteiger partial charge in [0.05, 0.1) is 4.90 Å². The lowest BCUT2D eigenvalue weighted by molar-refractivity contribution is -0.132. The third-order valence-electron chi connectivity index (χ3n) is 4.40. The molecule has 3 rings (SSSR count). The van der Waals surface area contributed by atoms with Gasteiger partial charge in [-0.05, 0) is 37.8 Å². The third kappa shape index (κ3) is 3.03. The molecule has 0 atom stereocenters. The Labute approximate surface area is 132 Å². The van der Waals surface area contributed by atoms with Crippen molar-refractivity contribution in [2.24, 2.45) is 5.92 Å². The van der Waals surface area contributed by atoms with E-state index in [1.54, 1.807) is 12.1 Å². The number of hydrogen-bond donors (Lipinski definition) is 0. The molecule has 1 amide bonds. The minimum Gasteiger partial charge on any atom is -0.341 e. The van der Waals surface area contributed by atoms with Gasteiger partial charge >= 0.3 is 0 Å². The molecule has 0 aromatic heterocycles. The average Bonchev–Trinajstić information content (AvgIpc) is 3.33. The van der Waals surface area contributed by atoms with Gasteiger partial charge in [0.25, 0.3) is 0 Å². The van der Waals surface area contributed by atoms with Gasteiger partial charge in [-0.15, -0.1) is 0 Å². The maximum absolute atomic E-state index is 12.8. The van der Waals surface area contributed by atoms with Crippen LogP contribution in [-0.4, -0.2) is 49.7 Å². The van der Waals surface area contributed by atoms with E-state index in [0.29, 0.717) is 37.5 Å². The van der Waals surface area contributed by atoms with E-state index in [2.05, 4.69) is 0 Å². The highest BCUT2D eigenvalue weighted by Crippen LogP contribution is 2.31. The molecule has 0 spiro atoms. The Morgan fingerprint density at radius 2 is 1.82 bits per heavy atom. The van der Waals surface area contributed by atoms with Crippen molar-refractivity contribution in [1.29, 1.82) is 0 Å². The molecule has 0 bridgehead atoms. The van der Waals surface area contributed by atoms with Crippen molar-refractivity contribution in [3.8, 4) is 0 Å². The fraction of sp³-hybridized carbons (Fsp3) is 0.562. The molecule has 1 aromatic rings. The molecular weight excluding hydrogens is 300 g/mol. The lowest BCUT2D eigenvalue weighted by atomic mass is 10.2. The van der Waals surface area contributed by atoms with Crippen molar-refractivity contribution in [3.63, 3.8) is 0 Å². The van der Waals surface area contributed by atoms with Crippen LogP contribution in [0.2, 0.25) is 0 Å². The van der Waals surface area contributed by atoms with Crippen LogP contribution in [0, 0.1) is 12.8 Å². The van der Waals surface area contributed by atoms with Crippen LogP contribution in [0.1, 0.15) is 24.8 Å². The highest BCUT2D eigenvalue weighted by Gasteiger charge is 2.35. The molecule has 1 aromatic carbocycles. The summed E-state index contributed by atoms with van der Waals surface area (Å²) in [6.45, 7) is 3.84. The summed E-state index contributed by atoms with van der Waals surface area (Å²) < 4.78 is 27.1. The number of nitrogens with zero attached hydrogens (tertiary/aromatic N) is 2. The van der Waals surface area contributed by atoms with Crippen LogP contribution in [0.4, 0.5) is 0 Å². The number of aryl methyl sites for hydroxylation is 1. The molecule has 6 heteroatoms. The summed E-state index contributed by atoms with van der Waals surface area (Å²) in [6, 6.07) is 7.06. The van der Waals surface area contributed by atoms with Crippen molar-refractivity contribution in [2.75, 3.05) is 26.2 Å². The topological polar surface area (TPSA) is 57.7 Å². The highest BCUT2D eigenvalue weighted by atomic mass is 32.2. The van der Waals surface area contributed by atoms with Crippen LogP contribution in [0.3, 0.4) is 0 Å². The summed E-state index contributed by atoms with van der Waals surface area (Å²) in [6.07, 6.45) is 2.67. The molecule has 1 aliphatic heterocycles. The van der Waals surface area contributed by atoms with Gasteiger partial charge in [-0.3, -0.25) is 4.79 Å². The molecule has 1 heterocycles. The SMILES string of the molecule is Cc1ccccc1S(=O)(=O)N1CCCN(C(=O)C2CC2)CC1. The van der Waals surface area contributed by atoms with Gasteiger partial charge in [0.15, 0.2) is 0 Å². The highest BCUT2D eigenvalue weighted by molar-refractivity contribution is 7.89. The number of carbonyl (C=O) groups is 1. The number of rotatable bonds is 3. The number of amides is 1. The summed E-state index contributed by atoms with van der Waals surface area (Å²) in [5.41, 5.74) is 0.762. The number of carbonyl (C=O) groups excluding carboxylic acids is 1. The average molecular weight is 322 g/mol. The van der Waals surface area contributed by atoms with E-state index in [1.807, 2.05) is 24.0 Å². The first kappa shape index (κ1) is 15.5. The summed E-state index contributed by atoms with van der Waals surface area (Å²) in [5, 5.41) is 0. The zero-order valence-electron chi connectivity index (χ0n) is 12.9. The molecule has 2 aliphatic rings. The van der Waals surface area contributed by atoms with Crippen molar-refractivity contribution >= 4 is 15.9 Å². The van der Waals surface area contributed by atoms with Gasteiger partial charge in [-0.25, -0.2) is 8.42 Å². The van der Waals surface area contributed by atoms with Crippen molar-refractivity contribution in [1.82, 2.24) is 9.21 Å². The van der Waals surface area contributed by atoms with E-state index in [4.69, 9.17) is 0 Å². The second-order valence-electron chi connectivity index (χ2n) is 6.12. The van der Waals surface area contributed by atoms with E-state index in [-0.39, 0.29) is 11.8 Å². The summed E-state index contributed by atoms with van der Waals surface area (Å²) in [5.74, 6) is 0.398. The molecular formula is C16H22N2O3S. The predicted octanol–water partition coefficient (Wildman–Crippen LogP) is 1.63. The Balaban J connectivity index is 1.75. The Morgan fingerprint density at radius 3 is 2.50 bits per heavy atom. The Hall–Kier alpha value is -1.40. The lowest BCUT2D eigenvalue weighted by Gasteiger charge is -2.22. The summed E-state index contributed by atoms with van der Waals surface area (Å²) >= 11 is 0. The van der Waals surface area contributed by atoms with Gasteiger partial charge in [0, 0.05) is 32.1 Å². The molecule has 0 unspecified atom stereocenters. The maximum Gasteiger partial charge on any atom is 0.243 e. The van der Waals surface area contributed by atoms with Gasteiger partial charge in [0.2, 0.25) is 15.9 Å². The van der Waals surface area contributed by atoms with Crippen molar-refractivity contribution in [3.05, 3.63) is 29.8 Å². The Morgan fingerprint density at radius 1 is 1.09 bits per heavy atom. The Bertz CT molecular complexity index is 668. The standard InChI is InChI=1S/C16H22N2O3S/c1-13-5-2-3-6-15(13)22(20,21)18-10-4-9-17(11-12-18)16(19)14-7-8-14/h2-3,5-6,14H,4,7-12H2,1H3. The first-order chi connectivity index (χ1) is 10.5. The monoisotopic (exact) mass is 322 g/mol. The van der Waals surface area contributed by atoms with Gasteiger partial charge < -0.3 is 4.90 Å². The second-order valence-corrected chi connectivity index (χ2v) is 8.03. The van der Waals surface area contributed by atoms with Crippen LogP contribution >= 0.6 is 0 Å². The summed E-state index contributed by atoms with van der Waals surface area (Å²) in [4.78, 5) is 14.4. The Kier molecular flexibility index (Phi) is 4.23. The normalized spacial score (nSPS) is 20.7. The number of hydrogen-bond acceptors (Lipinski definition) is 3. The van der Waals surface area contributed by atoms with Gasteiger partial charge in [-0.1, -0.05) is 18.2 Å². The van der Waals surface area contributed by atoms with Crippen LogP contribution < -0.4 is 0 Å². The molecule has 1 aliphatic carbocycles. The molecule has 1 saturated heterocycles. The first-order valence-corrected chi connectivity index (χ1v) is 9.29. The van der Waals surface area contributed by atoms with Gasteiger partial charge in [-0.2, -0.15) is 4.31 Å². The van der Waals surface area contributed by atoms with Crippen molar-refractivity contribution < 1.29 is 13.2 Å². The zero-order chi connectivity index (χ0) is 15.7. The molecule has 5 nitrogen and oxygen atoms in total. The van der Waals surface area contributed by atoms with Crippen LogP contribution in [0.5, 0.6) is 0 Å². The van der Waals surface area contributed by atoms with E-state index < -0.39 is 10.0 Å². The van der Waals surface area contributed by atoms with Gasteiger partial charge in [0.1, 0.15) is 0 Å². The smallest absolute Gasteiger partial charge is 0.243 e. The zero-order valence-corrected chi connectivity index (χ0v) is 13.7. The van der Waals surface area contributed by atoms with E-state index in [1.165, 1.54) is 4.31 Å².